The molecule has 1 heterocycles. The first-order valence-electron chi connectivity index (χ1n) is 7.25. The summed E-state index contributed by atoms with van der Waals surface area (Å²) in [7, 11) is 0. The number of imide groups is 1. The number of carbonyl (C=O) groups excluding carboxylic acids is 2. The van der Waals surface area contributed by atoms with Gasteiger partial charge >= 0.3 is 6.03 Å². The van der Waals surface area contributed by atoms with E-state index in [-0.39, 0.29) is 10.6 Å². The highest BCUT2D eigenvalue weighted by Crippen LogP contribution is 2.23. The van der Waals surface area contributed by atoms with Crippen molar-refractivity contribution in [1.82, 2.24) is 9.29 Å². The number of hydrogen-bond acceptors (Lipinski definition) is 4. The predicted molar refractivity (Wildman–Crippen MR) is 98.6 cm³/mol. The summed E-state index contributed by atoms with van der Waals surface area (Å²) in [5, 5.41) is 2.77. The second-order valence-corrected chi connectivity index (χ2v) is 7.03. The highest BCUT2D eigenvalue weighted by atomic mass is 35.5. The first-order valence-corrected chi connectivity index (χ1v) is 8.02. The van der Waals surface area contributed by atoms with Crippen LogP contribution in [-0.4, -0.2) is 21.2 Å². The number of amides is 3. The van der Waals surface area contributed by atoms with Crippen molar-refractivity contribution >= 4 is 42.0 Å². The van der Waals surface area contributed by atoms with Gasteiger partial charge in [0.25, 0.3) is 5.91 Å². The lowest BCUT2D eigenvalue weighted by Gasteiger charge is -2.20. The maximum atomic E-state index is 12.4. The Morgan fingerprint density at radius 3 is 2.33 bits per heavy atom. The fourth-order valence-corrected chi connectivity index (χ4v) is 2.32. The van der Waals surface area contributed by atoms with Gasteiger partial charge in [0.1, 0.15) is 5.15 Å². The third-order valence-electron chi connectivity index (χ3n) is 3.36. The number of anilines is 1. The van der Waals surface area contributed by atoms with Crippen LogP contribution in [0.2, 0.25) is 5.15 Å². The molecule has 1 aromatic heterocycles. The van der Waals surface area contributed by atoms with Crippen molar-refractivity contribution in [3.63, 3.8) is 0 Å². The Kier molecular flexibility index (Phi) is 5.51. The molecule has 0 fully saturated rings. The highest BCUT2D eigenvalue weighted by Gasteiger charge is 2.21. The maximum Gasteiger partial charge on any atom is 0.338 e. The van der Waals surface area contributed by atoms with E-state index in [2.05, 4.69) is 43.9 Å². The van der Waals surface area contributed by atoms with E-state index in [0.29, 0.717) is 11.3 Å². The SMILES string of the molecule is CC(C)(C)c1ccc(C(=O)N(S)C(=O)Nc2ccnc(Cl)c2)cc1. The fourth-order valence-electron chi connectivity index (χ4n) is 1.98. The van der Waals surface area contributed by atoms with Crippen LogP contribution in [0.5, 0.6) is 0 Å². The van der Waals surface area contributed by atoms with Crippen molar-refractivity contribution in [3.05, 3.63) is 58.9 Å². The third-order valence-corrected chi connectivity index (χ3v) is 3.93. The molecule has 1 N–H and O–H groups in total. The van der Waals surface area contributed by atoms with E-state index >= 15 is 0 Å². The topological polar surface area (TPSA) is 62.3 Å². The monoisotopic (exact) mass is 363 g/mol. The average molecular weight is 364 g/mol. The molecule has 0 unspecified atom stereocenters. The molecule has 7 heteroatoms. The van der Waals surface area contributed by atoms with Crippen LogP contribution < -0.4 is 5.32 Å². The summed E-state index contributed by atoms with van der Waals surface area (Å²) < 4.78 is 0.723. The van der Waals surface area contributed by atoms with Crippen LogP contribution in [0, 0.1) is 0 Å². The Bertz CT molecular complexity index is 757. The van der Waals surface area contributed by atoms with Crippen molar-refractivity contribution in [2.75, 3.05) is 5.32 Å². The molecule has 0 saturated carbocycles. The molecule has 0 atom stereocenters. The number of pyridine rings is 1. The lowest BCUT2D eigenvalue weighted by Crippen LogP contribution is -2.32. The molecular weight excluding hydrogens is 346 g/mol. The molecule has 2 rings (SSSR count). The second kappa shape index (κ2) is 7.23. The normalized spacial score (nSPS) is 11.0. The summed E-state index contributed by atoms with van der Waals surface area (Å²) in [6.07, 6.45) is 1.45. The van der Waals surface area contributed by atoms with Crippen molar-refractivity contribution < 1.29 is 9.59 Å². The second-order valence-electron chi connectivity index (χ2n) is 6.24. The maximum absolute atomic E-state index is 12.4. The Labute approximate surface area is 151 Å². The first-order chi connectivity index (χ1) is 11.2. The van der Waals surface area contributed by atoms with Crippen LogP contribution in [0.15, 0.2) is 42.6 Å². The van der Waals surface area contributed by atoms with Gasteiger partial charge in [0.05, 0.1) is 0 Å². The van der Waals surface area contributed by atoms with E-state index in [1.807, 2.05) is 12.1 Å². The zero-order chi connectivity index (χ0) is 17.9. The average Bonchev–Trinajstić information content (AvgIpc) is 2.52. The van der Waals surface area contributed by atoms with Crippen LogP contribution in [-0.2, 0) is 5.41 Å². The van der Waals surface area contributed by atoms with E-state index in [4.69, 9.17) is 11.6 Å². The molecule has 2 aromatic rings. The van der Waals surface area contributed by atoms with Gasteiger partial charge in [-0.3, -0.25) is 4.79 Å². The lowest BCUT2D eigenvalue weighted by molar-refractivity contribution is 0.0901. The molecule has 24 heavy (non-hydrogen) atoms. The lowest BCUT2D eigenvalue weighted by atomic mass is 9.87. The van der Waals surface area contributed by atoms with Gasteiger partial charge in [-0.05, 0) is 35.2 Å². The third kappa shape index (κ3) is 4.49. The van der Waals surface area contributed by atoms with Crippen LogP contribution in [0.4, 0.5) is 10.5 Å². The van der Waals surface area contributed by atoms with E-state index < -0.39 is 11.9 Å². The van der Waals surface area contributed by atoms with E-state index in [0.717, 1.165) is 9.87 Å². The minimum atomic E-state index is -0.675. The summed E-state index contributed by atoms with van der Waals surface area (Å²) in [6, 6.07) is 9.47. The van der Waals surface area contributed by atoms with Gasteiger partial charge in [0.2, 0.25) is 0 Å². The largest absolute Gasteiger partial charge is 0.338 e. The van der Waals surface area contributed by atoms with E-state index in [1.54, 1.807) is 18.2 Å². The van der Waals surface area contributed by atoms with Crippen LogP contribution >= 0.6 is 24.4 Å². The molecule has 0 spiro atoms. The van der Waals surface area contributed by atoms with Gasteiger partial charge in [0.15, 0.2) is 0 Å². The predicted octanol–water partition coefficient (Wildman–Crippen LogP) is 4.55. The Morgan fingerprint density at radius 1 is 1.17 bits per heavy atom. The van der Waals surface area contributed by atoms with Gasteiger partial charge in [0, 0.05) is 17.4 Å². The molecule has 0 aliphatic rings. The Morgan fingerprint density at radius 2 is 1.79 bits per heavy atom. The zero-order valence-corrected chi connectivity index (χ0v) is 15.2. The van der Waals surface area contributed by atoms with Gasteiger partial charge in [-0.1, -0.05) is 57.3 Å². The van der Waals surface area contributed by atoms with Gasteiger partial charge < -0.3 is 5.32 Å². The molecule has 0 bridgehead atoms. The number of halogens is 1. The first kappa shape index (κ1) is 18.3. The number of aromatic nitrogens is 1. The van der Waals surface area contributed by atoms with Crippen LogP contribution in [0.1, 0.15) is 36.7 Å². The number of rotatable bonds is 2. The molecule has 126 valence electrons. The molecule has 5 nitrogen and oxygen atoms in total. The number of nitrogens with zero attached hydrogens (tertiary/aromatic N) is 2. The summed E-state index contributed by atoms with van der Waals surface area (Å²) >= 11 is 9.75. The summed E-state index contributed by atoms with van der Waals surface area (Å²) in [5.41, 5.74) is 1.89. The van der Waals surface area contributed by atoms with Crippen molar-refractivity contribution in [2.24, 2.45) is 0 Å². The highest BCUT2D eigenvalue weighted by molar-refractivity contribution is 7.79. The molecular formula is C17H18ClN3O2S. The van der Waals surface area contributed by atoms with Crippen molar-refractivity contribution in [3.8, 4) is 0 Å². The molecule has 0 radical (unpaired) electrons. The minimum absolute atomic E-state index is 0.0137. The minimum Gasteiger partial charge on any atom is -0.307 e. The van der Waals surface area contributed by atoms with Gasteiger partial charge in [-0.25, -0.2) is 14.1 Å². The molecule has 0 aliphatic heterocycles. The molecule has 0 aliphatic carbocycles. The standard InChI is InChI=1S/C17H18ClN3O2S/c1-17(2,3)12-6-4-11(5-7-12)15(22)21(24)16(23)20-13-8-9-19-14(18)10-13/h4-10,24H,1-3H3,(H,19,20,23). The van der Waals surface area contributed by atoms with E-state index in [9.17, 15) is 9.59 Å². The summed E-state index contributed by atoms with van der Waals surface area (Å²) in [4.78, 5) is 28.3. The van der Waals surface area contributed by atoms with Gasteiger partial charge in [-0.2, -0.15) is 0 Å². The molecule has 0 saturated heterocycles. The smallest absolute Gasteiger partial charge is 0.307 e. The summed E-state index contributed by atoms with van der Waals surface area (Å²) in [5.74, 6) is -0.517. The quantitative estimate of drug-likeness (QED) is 0.607. The number of carbonyl (C=O) groups is 2. The van der Waals surface area contributed by atoms with Crippen molar-refractivity contribution in [2.45, 2.75) is 26.2 Å². The van der Waals surface area contributed by atoms with E-state index in [1.165, 1.54) is 12.3 Å². The van der Waals surface area contributed by atoms with Gasteiger partial charge in [-0.15, -0.1) is 0 Å². The molecule has 1 aromatic carbocycles. The van der Waals surface area contributed by atoms with Crippen LogP contribution in [0.3, 0.4) is 0 Å². The zero-order valence-electron chi connectivity index (χ0n) is 13.6. The summed E-state index contributed by atoms with van der Waals surface area (Å²) in [6.45, 7) is 6.26. The number of hydrogen-bond donors (Lipinski definition) is 2. The van der Waals surface area contributed by atoms with Crippen molar-refractivity contribution in [1.29, 1.82) is 0 Å². The number of urea groups is 1. The Balaban J connectivity index is 2.09. The number of benzene rings is 1. The molecule has 3 amide bonds. The number of nitrogens with one attached hydrogen (secondary N) is 1. The fraction of sp³-hybridized carbons (Fsp3) is 0.235. The number of thiol groups is 1. The Hall–Kier alpha value is -2.05. The van der Waals surface area contributed by atoms with Crippen LogP contribution in [0.25, 0.3) is 0 Å².